The zero-order valence-corrected chi connectivity index (χ0v) is 9.65. The summed E-state index contributed by atoms with van der Waals surface area (Å²) >= 11 is 0. The van der Waals surface area contributed by atoms with Gasteiger partial charge in [0, 0.05) is 24.5 Å². The molecule has 0 saturated carbocycles. The number of nitro benzene ring substituents is 1. The maximum Gasteiger partial charge on any atom is 0.414 e. The molecule has 94 valence electrons. The van der Waals surface area contributed by atoms with Gasteiger partial charge in [-0.15, -0.1) is 0 Å². The van der Waals surface area contributed by atoms with Crippen LogP contribution < -0.4 is 4.18 Å². The fraction of sp³-hybridized carbons (Fsp3) is 0. The number of benzene rings is 1. The van der Waals surface area contributed by atoms with Crippen LogP contribution in [-0.2, 0) is 10.3 Å². The van der Waals surface area contributed by atoms with E-state index in [1.54, 1.807) is 0 Å². The van der Waals surface area contributed by atoms with Crippen LogP contribution in [0.25, 0.3) is 0 Å². The van der Waals surface area contributed by atoms with Crippen LogP contribution in [0.4, 0.5) is 5.69 Å². The van der Waals surface area contributed by atoms with E-state index >= 15 is 0 Å². The second-order valence-electron chi connectivity index (χ2n) is 3.18. The lowest BCUT2D eigenvalue weighted by atomic mass is 10.3. The lowest BCUT2D eigenvalue weighted by molar-refractivity contribution is -0.384. The lowest BCUT2D eigenvalue weighted by Gasteiger charge is -2.06. The Morgan fingerprint density at radius 3 is 2.44 bits per heavy atom. The number of hydrogen-bond acceptors (Lipinski definition) is 6. The maximum absolute atomic E-state index is 11.6. The van der Waals surface area contributed by atoms with Crippen LogP contribution >= 0.6 is 0 Å². The van der Waals surface area contributed by atoms with Gasteiger partial charge in [0.2, 0.25) is 0 Å². The molecular formula is C9H7N3O5S. The van der Waals surface area contributed by atoms with Crippen molar-refractivity contribution in [3.05, 3.63) is 53.1 Å². The van der Waals surface area contributed by atoms with Crippen molar-refractivity contribution in [2.24, 2.45) is 0 Å². The fourth-order valence-electron chi connectivity index (χ4n) is 1.17. The summed E-state index contributed by atoms with van der Waals surface area (Å²) in [4.78, 5) is 13.4. The van der Waals surface area contributed by atoms with Crippen molar-refractivity contribution >= 4 is 16.0 Å². The molecule has 0 aliphatic heterocycles. The molecule has 0 N–H and O–H groups in total. The molecule has 9 heteroatoms. The van der Waals surface area contributed by atoms with Crippen LogP contribution in [0.1, 0.15) is 0 Å². The third kappa shape index (κ3) is 2.46. The van der Waals surface area contributed by atoms with Gasteiger partial charge in [0.15, 0.2) is 0 Å². The SMILES string of the molecule is O=[N+]([O-])c1ccc(OS(=O)(=O)n2ccnc2)cc1. The minimum Gasteiger partial charge on any atom is -0.366 e. The third-order valence-corrected chi connectivity index (χ3v) is 3.12. The smallest absolute Gasteiger partial charge is 0.366 e. The Morgan fingerprint density at radius 2 is 1.94 bits per heavy atom. The number of hydrogen-bond donors (Lipinski definition) is 0. The Labute approximate surface area is 102 Å². The number of nitrogens with zero attached hydrogens (tertiary/aromatic N) is 3. The molecule has 1 aromatic heterocycles. The summed E-state index contributed by atoms with van der Waals surface area (Å²) in [7, 11) is -4.02. The quantitative estimate of drug-likeness (QED) is 0.604. The second kappa shape index (κ2) is 4.45. The van der Waals surface area contributed by atoms with E-state index in [1.807, 2.05) is 0 Å². The number of rotatable bonds is 4. The van der Waals surface area contributed by atoms with Crippen LogP contribution in [0.5, 0.6) is 5.75 Å². The molecule has 0 aliphatic carbocycles. The molecule has 2 aromatic rings. The van der Waals surface area contributed by atoms with Gasteiger partial charge in [-0.25, -0.2) is 8.96 Å². The zero-order valence-electron chi connectivity index (χ0n) is 8.83. The molecule has 0 radical (unpaired) electrons. The molecule has 8 nitrogen and oxygen atoms in total. The number of aromatic nitrogens is 2. The van der Waals surface area contributed by atoms with Crippen molar-refractivity contribution in [2.45, 2.75) is 0 Å². The predicted octanol–water partition coefficient (Wildman–Crippen LogP) is 0.963. The van der Waals surface area contributed by atoms with E-state index in [1.165, 1.54) is 24.5 Å². The Hall–Kier alpha value is -2.42. The molecule has 2 rings (SSSR count). The normalized spacial score (nSPS) is 11.1. The van der Waals surface area contributed by atoms with E-state index in [-0.39, 0.29) is 11.4 Å². The van der Waals surface area contributed by atoms with E-state index in [9.17, 15) is 18.5 Å². The minimum atomic E-state index is -4.02. The molecule has 0 fully saturated rings. The molecule has 0 unspecified atom stereocenters. The molecule has 18 heavy (non-hydrogen) atoms. The van der Waals surface area contributed by atoms with E-state index in [2.05, 4.69) is 4.98 Å². The second-order valence-corrected chi connectivity index (χ2v) is 4.63. The lowest BCUT2D eigenvalue weighted by Crippen LogP contribution is -2.17. The van der Waals surface area contributed by atoms with Crippen LogP contribution in [0, 0.1) is 10.1 Å². The summed E-state index contributed by atoms with van der Waals surface area (Å²) in [6.45, 7) is 0. The largest absolute Gasteiger partial charge is 0.414 e. The average molecular weight is 269 g/mol. The summed E-state index contributed by atoms with van der Waals surface area (Å²) in [5.41, 5.74) is -0.151. The van der Waals surface area contributed by atoms with Gasteiger partial charge in [0.25, 0.3) is 5.69 Å². The molecule has 1 heterocycles. The summed E-state index contributed by atoms with van der Waals surface area (Å²) in [5.74, 6) is -0.0192. The van der Waals surface area contributed by atoms with Gasteiger partial charge < -0.3 is 4.18 Å². The van der Waals surface area contributed by atoms with Crippen molar-refractivity contribution in [2.75, 3.05) is 0 Å². The number of imidazole rings is 1. The van der Waals surface area contributed by atoms with E-state index < -0.39 is 15.2 Å². The highest BCUT2D eigenvalue weighted by molar-refractivity contribution is 7.85. The first-order chi connectivity index (χ1) is 8.49. The van der Waals surface area contributed by atoms with Gasteiger partial charge in [0.1, 0.15) is 12.1 Å². The Kier molecular flexibility index (Phi) is 2.98. The maximum atomic E-state index is 11.6. The van der Waals surface area contributed by atoms with Crippen molar-refractivity contribution in [1.29, 1.82) is 0 Å². The highest BCUT2D eigenvalue weighted by Crippen LogP contribution is 2.19. The zero-order chi connectivity index (χ0) is 13.2. The van der Waals surface area contributed by atoms with Gasteiger partial charge in [-0.2, -0.15) is 8.42 Å². The first-order valence-electron chi connectivity index (χ1n) is 4.66. The Balaban J connectivity index is 2.22. The molecular weight excluding hydrogens is 262 g/mol. The predicted molar refractivity (Wildman–Crippen MR) is 60.3 cm³/mol. The third-order valence-electron chi connectivity index (χ3n) is 1.99. The molecule has 0 bridgehead atoms. The van der Waals surface area contributed by atoms with Gasteiger partial charge in [-0.1, -0.05) is 0 Å². The molecule has 0 aliphatic rings. The molecule has 0 saturated heterocycles. The van der Waals surface area contributed by atoms with Crippen molar-refractivity contribution in [3.8, 4) is 5.75 Å². The average Bonchev–Trinajstić information content (AvgIpc) is 2.83. The molecule has 0 atom stereocenters. The van der Waals surface area contributed by atoms with Crippen molar-refractivity contribution in [3.63, 3.8) is 0 Å². The van der Waals surface area contributed by atoms with E-state index in [0.29, 0.717) is 0 Å². The summed E-state index contributed by atoms with van der Waals surface area (Å²) in [6.07, 6.45) is 3.57. The van der Waals surface area contributed by atoms with Crippen molar-refractivity contribution < 1.29 is 17.5 Å². The molecule has 0 spiro atoms. The first kappa shape index (κ1) is 12.0. The molecule has 0 amide bonds. The van der Waals surface area contributed by atoms with Crippen molar-refractivity contribution in [1.82, 2.24) is 8.96 Å². The summed E-state index contributed by atoms with van der Waals surface area (Å²) in [5, 5.41) is 10.4. The summed E-state index contributed by atoms with van der Waals surface area (Å²) in [6, 6.07) is 4.71. The Morgan fingerprint density at radius 1 is 1.28 bits per heavy atom. The van der Waals surface area contributed by atoms with Crippen LogP contribution in [0.15, 0.2) is 43.0 Å². The minimum absolute atomic E-state index is 0.0192. The molecule has 1 aromatic carbocycles. The van der Waals surface area contributed by atoms with Gasteiger partial charge >= 0.3 is 10.3 Å². The monoisotopic (exact) mass is 269 g/mol. The first-order valence-corrected chi connectivity index (χ1v) is 6.03. The Bertz CT molecular complexity index is 648. The topological polar surface area (TPSA) is 104 Å². The van der Waals surface area contributed by atoms with Crippen LogP contribution in [-0.4, -0.2) is 22.3 Å². The number of nitro groups is 1. The van der Waals surface area contributed by atoms with Crippen LogP contribution in [0.3, 0.4) is 0 Å². The highest BCUT2D eigenvalue weighted by atomic mass is 32.2. The highest BCUT2D eigenvalue weighted by Gasteiger charge is 2.15. The van der Waals surface area contributed by atoms with Gasteiger partial charge in [-0.3, -0.25) is 10.1 Å². The van der Waals surface area contributed by atoms with E-state index in [4.69, 9.17) is 4.18 Å². The van der Waals surface area contributed by atoms with Gasteiger partial charge in [0.05, 0.1) is 4.92 Å². The number of non-ortho nitro benzene ring substituents is 1. The standard InChI is InChI=1S/C9H7N3O5S/c13-12(14)8-1-3-9(4-2-8)17-18(15,16)11-6-5-10-7-11/h1-7H. The van der Waals surface area contributed by atoms with Crippen LogP contribution in [0.2, 0.25) is 0 Å². The fourth-order valence-corrected chi connectivity index (χ4v) is 1.98. The van der Waals surface area contributed by atoms with E-state index in [0.717, 1.165) is 22.4 Å². The van der Waals surface area contributed by atoms with Gasteiger partial charge in [-0.05, 0) is 12.1 Å². The summed E-state index contributed by atoms with van der Waals surface area (Å²) < 4.78 is 28.8.